The lowest BCUT2D eigenvalue weighted by Gasteiger charge is -2.34. The molecule has 0 amide bonds. The molecule has 12 nitrogen and oxygen atoms in total. The van der Waals surface area contributed by atoms with Crippen molar-refractivity contribution >= 4 is 35.1 Å². The van der Waals surface area contributed by atoms with Crippen LogP contribution in [0, 0.1) is 6.92 Å². The molecule has 14 heteroatoms. The summed E-state index contributed by atoms with van der Waals surface area (Å²) < 4.78 is 49.5. The molecule has 0 aliphatic heterocycles. The smallest absolute Gasteiger partial charge is 0.493 e. The average molecular weight is 1220 g/mol. The highest BCUT2D eigenvalue weighted by atomic mass is 28.4. The summed E-state index contributed by atoms with van der Waals surface area (Å²) in [5, 5.41) is 0. The number of methoxy groups -OCH3 is 3. The van der Waals surface area contributed by atoms with Crippen LogP contribution in [0.15, 0.2) is 194 Å². The fraction of sp³-hybridized carbons (Fsp3) is 0.311. The molecule has 0 atom stereocenters. The number of hydrogen-bond acceptors (Lipinski definition) is 12. The third kappa shape index (κ3) is 18.8. The van der Waals surface area contributed by atoms with Gasteiger partial charge in [0.2, 0.25) is 0 Å². The van der Waals surface area contributed by atoms with Crippen molar-refractivity contribution in [1.82, 2.24) is 0 Å². The zero-order valence-electron chi connectivity index (χ0n) is 53.6. The van der Waals surface area contributed by atoms with E-state index in [1.807, 2.05) is 97.1 Å². The molecule has 0 fully saturated rings. The number of ether oxygens (including phenoxy) is 8. The normalized spacial score (nSPS) is 11.8. The van der Waals surface area contributed by atoms with Gasteiger partial charge in [-0.2, -0.15) is 0 Å². The Bertz CT molecular complexity index is 3540. The molecule has 8 aromatic rings. The third-order valence-electron chi connectivity index (χ3n) is 16.1. The Morgan fingerprint density at radius 1 is 0.364 bits per heavy atom. The van der Waals surface area contributed by atoms with E-state index >= 15 is 0 Å². The van der Waals surface area contributed by atoms with Crippen molar-refractivity contribution in [3.63, 3.8) is 0 Å². The quantitative estimate of drug-likeness (QED) is 0.0343. The molecule has 462 valence electrons. The lowest BCUT2D eigenvalue weighted by Crippen LogP contribution is -2.44. The number of rotatable bonds is 23. The summed E-state index contributed by atoms with van der Waals surface area (Å²) in [7, 11) is 0.548. The molecule has 0 aliphatic rings. The van der Waals surface area contributed by atoms with Gasteiger partial charge in [0.25, 0.3) is 0 Å². The third-order valence-corrected chi connectivity index (χ3v) is 23.7. The van der Waals surface area contributed by atoms with E-state index in [1.165, 1.54) is 29.4 Å². The van der Waals surface area contributed by atoms with E-state index < -0.39 is 35.1 Å². The molecule has 0 saturated heterocycles. The van der Waals surface area contributed by atoms with Crippen LogP contribution < -0.4 is 33.2 Å². The van der Waals surface area contributed by atoms with Gasteiger partial charge in [0.1, 0.15) is 17.2 Å². The Morgan fingerprint density at radius 3 is 1.00 bits per heavy atom. The predicted octanol–water partition coefficient (Wildman–Crippen LogP) is 19.0. The molecule has 0 unspecified atom stereocenters. The van der Waals surface area contributed by atoms with Gasteiger partial charge in [0, 0.05) is 16.2 Å². The fourth-order valence-corrected chi connectivity index (χ4v) is 19.6. The molecule has 0 bridgehead atoms. The van der Waals surface area contributed by atoms with Gasteiger partial charge in [-0.3, -0.25) is 0 Å². The Morgan fingerprint density at radius 2 is 0.670 bits per heavy atom. The molecular weight excluding hydrogens is 1140 g/mol. The molecule has 8 aromatic carbocycles. The van der Waals surface area contributed by atoms with Crippen LogP contribution >= 0.6 is 0 Å². The van der Waals surface area contributed by atoms with E-state index in [0.29, 0.717) is 40.2 Å². The van der Waals surface area contributed by atoms with Crippen LogP contribution in [0.4, 0.5) is 14.4 Å². The van der Waals surface area contributed by atoms with Crippen LogP contribution in [0.25, 0.3) is 0 Å². The summed E-state index contributed by atoms with van der Waals surface area (Å²) in [5.74, 6) is 2.90. The second-order valence-electron chi connectivity index (χ2n) is 24.8. The maximum Gasteiger partial charge on any atom is 0.519 e. The summed E-state index contributed by atoms with van der Waals surface area (Å²) in [6, 6.07) is 65.1. The molecule has 0 spiro atoms. The van der Waals surface area contributed by atoms with Crippen molar-refractivity contribution in [2.24, 2.45) is 0 Å². The van der Waals surface area contributed by atoms with E-state index in [9.17, 15) is 14.4 Å². The lowest BCUT2D eigenvalue weighted by molar-refractivity contribution is 0.120. The highest BCUT2D eigenvalue weighted by Gasteiger charge is 2.33. The minimum atomic E-state index is -1.92. The van der Waals surface area contributed by atoms with Crippen LogP contribution in [0.1, 0.15) is 104 Å². The molecule has 8 rings (SSSR count). The highest BCUT2D eigenvalue weighted by molar-refractivity contribution is 6.84. The first kappa shape index (κ1) is 67.1. The second-order valence-corrected chi connectivity index (χ2v) is 33.7. The number of hydrogen-bond donors (Lipinski definition) is 0. The van der Waals surface area contributed by atoms with E-state index in [4.69, 9.17) is 37.3 Å². The van der Waals surface area contributed by atoms with Gasteiger partial charge < -0.3 is 42.0 Å². The topological polar surface area (TPSA) is 134 Å². The summed E-state index contributed by atoms with van der Waals surface area (Å²) in [5.41, 5.74) is 9.96. The summed E-state index contributed by atoms with van der Waals surface area (Å²) in [6.45, 7) is 24.3. The van der Waals surface area contributed by atoms with Gasteiger partial charge in [0.05, 0.1) is 21.3 Å². The minimum absolute atomic E-state index is 0.158. The van der Waals surface area contributed by atoms with E-state index in [0.717, 1.165) is 65.6 Å². The fourth-order valence-electron chi connectivity index (χ4n) is 10.7. The maximum absolute atomic E-state index is 12.7. The molecule has 0 saturated carbocycles. The Balaban J connectivity index is 0.000000272. The average Bonchev–Trinajstić information content (AvgIpc) is 2.20. The molecule has 0 aliphatic carbocycles. The standard InChI is InChI=1S/C42H54O9Si2.C32H32O3/c1-42(2,33-17-11-10-12-18-33)34-21-23-35(24-22-34)48-41(44)50-37-26-20-32(30-39(37)46-4)16-14-28-53(8,9)51-52(6,7)27-13-15-31-19-25-36(38(29-31)45-3)49-40(43)47-5;1-23-11-13-25(14-12-23)32(4,5)27-17-21-29(22-18-27)35-30(33)34-28-19-15-26(16-20-28)31(2,3)24-9-7-6-8-10-24/h10-12,17-26,29-30H,13-16,27-28H2,1-9H3;6-22H,1-5H3. The van der Waals surface area contributed by atoms with Gasteiger partial charge in [-0.1, -0.05) is 181 Å². The van der Waals surface area contributed by atoms with Crippen LogP contribution in [-0.2, 0) is 37.9 Å². The van der Waals surface area contributed by atoms with Gasteiger partial charge >= 0.3 is 18.5 Å². The Hall–Kier alpha value is -8.44. The second kappa shape index (κ2) is 30.0. The first-order chi connectivity index (χ1) is 41.8. The van der Waals surface area contributed by atoms with Crippen LogP contribution in [0.3, 0.4) is 0 Å². The first-order valence-electron chi connectivity index (χ1n) is 29.9. The van der Waals surface area contributed by atoms with Crippen molar-refractivity contribution in [3.05, 3.63) is 244 Å². The largest absolute Gasteiger partial charge is 0.519 e. The maximum atomic E-state index is 12.7. The summed E-state index contributed by atoms with van der Waals surface area (Å²) in [6.07, 6.45) is 1.33. The molecule has 0 radical (unpaired) electrons. The van der Waals surface area contributed by atoms with Crippen LogP contribution in [-0.4, -0.2) is 56.4 Å². The Labute approximate surface area is 523 Å². The zero-order valence-corrected chi connectivity index (χ0v) is 55.6. The van der Waals surface area contributed by atoms with Crippen molar-refractivity contribution in [2.75, 3.05) is 21.3 Å². The van der Waals surface area contributed by atoms with Crippen molar-refractivity contribution in [3.8, 4) is 40.2 Å². The lowest BCUT2D eigenvalue weighted by atomic mass is 9.78. The van der Waals surface area contributed by atoms with Gasteiger partial charge in [0.15, 0.2) is 39.6 Å². The van der Waals surface area contributed by atoms with Crippen molar-refractivity contribution in [1.29, 1.82) is 0 Å². The van der Waals surface area contributed by atoms with E-state index in [2.05, 4.69) is 128 Å². The SMILES string of the molecule is COC(=O)Oc1ccc(CCC[Si](C)(C)O[Si](C)(C)CCCc2ccc(OC(=O)Oc3ccc(C(C)(C)c4ccccc4)cc3)c(OC)c2)cc1OC.Cc1ccc(C(C)(C)c2ccc(OC(=O)Oc3ccc(C(C)(C)c4ccccc4)cc3)cc2)cc1. The highest BCUT2D eigenvalue weighted by Crippen LogP contribution is 2.37. The van der Waals surface area contributed by atoms with E-state index in [-0.39, 0.29) is 16.2 Å². The van der Waals surface area contributed by atoms with Gasteiger partial charge in [-0.05, 0) is 176 Å². The van der Waals surface area contributed by atoms with Crippen LogP contribution in [0.5, 0.6) is 40.2 Å². The minimum Gasteiger partial charge on any atom is -0.493 e. The molecule has 0 N–H and O–H groups in total. The molecule has 0 aromatic heterocycles. The molecular formula is C74H86O12Si2. The van der Waals surface area contributed by atoms with Gasteiger partial charge in [-0.15, -0.1) is 0 Å². The number of aryl methyl sites for hydroxylation is 3. The molecule has 0 heterocycles. The predicted molar refractivity (Wildman–Crippen MR) is 354 cm³/mol. The number of carbonyl (C=O) groups is 3. The zero-order chi connectivity index (χ0) is 63.7. The van der Waals surface area contributed by atoms with Crippen molar-refractivity contribution in [2.45, 2.75) is 129 Å². The monoisotopic (exact) mass is 1220 g/mol. The summed E-state index contributed by atoms with van der Waals surface area (Å²) >= 11 is 0. The van der Waals surface area contributed by atoms with Crippen molar-refractivity contribution < 1.29 is 56.4 Å². The van der Waals surface area contributed by atoms with Crippen LogP contribution in [0.2, 0.25) is 38.3 Å². The van der Waals surface area contributed by atoms with E-state index in [1.54, 1.807) is 62.8 Å². The first-order valence-corrected chi connectivity index (χ1v) is 36.1. The van der Waals surface area contributed by atoms with Gasteiger partial charge in [-0.25, -0.2) is 14.4 Å². The molecule has 88 heavy (non-hydrogen) atoms. The Kier molecular flexibility index (Phi) is 22.9. The summed E-state index contributed by atoms with van der Waals surface area (Å²) in [4.78, 5) is 36.6. The number of benzene rings is 8. The number of carbonyl (C=O) groups excluding carboxylic acids is 3.